The maximum atomic E-state index is 11.9. The van der Waals surface area contributed by atoms with Gasteiger partial charge in [0.05, 0.1) is 6.04 Å². The summed E-state index contributed by atoms with van der Waals surface area (Å²) < 4.78 is 5.48. The van der Waals surface area contributed by atoms with Crippen LogP contribution in [0.2, 0.25) is 0 Å². The molecule has 2 rings (SSSR count). The Morgan fingerprint density at radius 3 is 2.33 bits per heavy atom. The van der Waals surface area contributed by atoms with Gasteiger partial charge in [-0.25, -0.2) is 4.79 Å². The first-order chi connectivity index (χ1) is 9.95. The van der Waals surface area contributed by atoms with Crippen molar-refractivity contribution in [3.05, 3.63) is 53.5 Å². The Labute approximate surface area is 124 Å². The second kappa shape index (κ2) is 6.45. The van der Waals surface area contributed by atoms with E-state index in [4.69, 9.17) is 10.2 Å². The van der Waals surface area contributed by atoms with Crippen LogP contribution in [0.15, 0.2) is 40.8 Å². The number of benzene rings is 1. The third kappa shape index (κ3) is 4.10. The van der Waals surface area contributed by atoms with Crippen molar-refractivity contribution in [1.29, 1.82) is 0 Å². The van der Waals surface area contributed by atoms with Gasteiger partial charge in [-0.3, -0.25) is 0 Å². The van der Waals surface area contributed by atoms with Gasteiger partial charge in [-0.15, -0.1) is 0 Å². The number of aryl methyl sites for hydroxylation is 1. The molecule has 0 saturated heterocycles. The van der Waals surface area contributed by atoms with Gasteiger partial charge < -0.3 is 20.8 Å². The summed E-state index contributed by atoms with van der Waals surface area (Å²) in [6, 6.07) is 10.7. The van der Waals surface area contributed by atoms with Crippen LogP contribution < -0.4 is 16.4 Å². The first-order valence-corrected chi connectivity index (χ1v) is 6.95. The molecule has 2 atom stereocenters. The van der Waals surface area contributed by atoms with Gasteiger partial charge in [-0.1, -0.05) is 12.1 Å². The molecule has 1 aromatic heterocycles. The van der Waals surface area contributed by atoms with Crippen molar-refractivity contribution in [2.75, 3.05) is 5.32 Å². The predicted octanol–water partition coefficient (Wildman–Crippen LogP) is 3.49. The lowest BCUT2D eigenvalue weighted by molar-refractivity contribution is 0.247. The molecule has 2 aromatic rings. The standard InChI is InChI=1S/C16H21N3O2/c1-10-4-9-15(21-10)12(3)18-16(20)19-14-7-5-13(6-8-14)11(2)17/h4-9,11-12H,17H2,1-3H3,(H2,18,19,20). The summed E-state index contributed by atoms with van der Waals surface area (Å²) in [6.45, 7) is 5.66. The van der Waals surface area contributed by atoms with Crippen LogP contribution in [-0.2, 0) is 0 Å². The second-order valence-corrected chi connectivity index (χ2v) is 5.18. The highest BCUT2D eigenvalue weighted by Gasteiger charge is 2.12. The van der Waals surface area contributed by atoms with Gasteiger partial charge in [0.1, 0.15) is 11.5 Å². The molecule has 21 heavy (non-hydrogen) atoms. The van der Waals surface area contributed by atoms with Crippen molar-refractivity contribution in [2.24, 2.45) is 5.73 Å². The van der Waals surface area contributed by atoms with E-state index in [0.717, 1.165) is 22.8 Å². The van der Waals surface area contributed by atoms with Crippen LogP contribution in [0.3, 0.4) is 0 Å². The summed E-state index contributed by atoms with van der Waals surface area (Å²) in [6.07, 6.45) is 0. The Morgan fingerprint density at radius 1 is 1.14 bits per heavy atom. The number of carbonyl (C=O) groups is 1. The fraction of sp³-hybridized carbons (Fsp3) is 0.312. The SMILES string of the molecule is Cc1ccc(C(C)NC(=O)Nc2ccc(C(C)N)cc2)o1. The average Bonchev–Trinajstić information content (AvgIpc) is 2.86. The number of nitrogens with one attached hydrogen (secondary N) is 2. The molecule has 0 bridgehead atoms. The molecule has 0 aliphatic carbocycles. The van der Waals surface area contributed by atoms with Gasteiger partial charge >= 0.3 is 6.03 Å². The molecule has 1 aromatic carbocycles. The van der Waals surface area contributed by atoms with E-state index in [9.17, 15) is 4.79 Å². The molecule has 5 heteroatoms. The molecule has 2 amide bonds. The van der Waals surface area contributed by atoms with Crippen molar-refractivity contribution in [2.45, 2.75) is 32.9 Å². The smallest absolute Gasteiger partial charge is 0.319 e. The lowest BCUT2D eigenvalue weighted by Gasteiger charge is -2.13. The molecule has 2 unspecified atom stereocenters. The van der Waals surface area contributed by atoms with Gasteiger partial charge in [0.15, 0.2) is 0 Å². The first-order valence-electron chi connectivity index (χ1n) is 6.95. The third-order valence-electron chi connectivity index (χ3n) is 3.23. The zero-order valence-electron chi connectivity index (χ0n) is 12.5. The van der Waals surface area contributed by atoms with E-state index in [-0.39, 0.29) is 18.1 Å². The maximum absolute atomic E-state index is 11.9. The highest BCUT2D eigenvalue weighted by Crippen LogP contribution is 2.17. The second-order valence-electron chi connectivity index (χ2n) is 5.18. The molecule has 4 N–H and O–H groups in total. The van der Waals surface area contributed by atoms with Crippen LogP contribution in [-0.4, -0.2) is 6.03 Å². The van der Waals surface area contributed by atoms with Crippen molar-refractivity contribution in [3.8, 4) is 0 Å². The lowest BCUT2D eigenvalue weighted by atomic mass is 10.1. The van der Waals surface area contributed by atoms with Crippen molar-refractivity contribution in [1.82, 2.24) is 5.32 Å². The summed E-state index contributed by atoms with van der Waals surface area (Å²) >= 11 is 0. The number of carbonyl (C=O) groups excluding carboxylic acids is 1. The van der Waals surface area contributed by atoms with E-state index < -0.39 is 0 Å². The molecule has 0 saturated carbocycles. The van der Waals surface area contributed by atoms with Crippen LogP contribution in [0.1, 0.15) is 43.0 Å². The zero-order valence-corrected chi connectivity index (χ0v) is 12.5. The van der Waals surface area contributed by atoms with E-state index in [1.54, 1.807) is 0 Å². The van der Waals surface area contributed by atoms with E-state index >= 15 is 0 Å². The van der Waals surface area contributed by atoms with Gasteiger partial charge in [0.25, 0.3) is 0 Å². The van der Waals surface area contributed by atoms with Crippen LogP contribution in [0, 0.1) is 6.92 Å². The van der Waals surface area contributed by atoms with Crippen LogP contribution in [0.4, 0.5) is 10.5 Å². The Balaban J connectivity index is 1.92. The van der Waals surface area contributed by atoms with Crippen LogP contribution in [0.25, 0.3) is 0 Å². The maximum Gasteiger partial charge on any atom is 0.319 e. The molecule has 0 radical (unpaired) electrons. The summed E-state index contributed by atoms with van der Waals surface area (Å²) in [5, 5.41) is 5.61. The van der Waals surface area contributed by atoms with Crippen LogP contribution >= 0.6 is 0 Å². The highest BCUT2D eigenvalue weighted by atomic mass is 16.3. The minimum atomic E-state index is -0.273. The first kappa shape index (κ1) is 15.1. The minimum absolute atomic E-state index is 0.0184. The lowest BCUT2D eigenvalue weighted by Crippen LogP contribution is -2.30. The minimum Gasteiger partial charge on any atom is -0.464 e. The number of hydrogen-bond acceptors (Lipinski definition) is 3. The molecule has 0 aliphatic heterocycles. The van der Waals surface area contributed by atoms with E-state index in [2.05, 4.69) is 10.6 Å². The predicted molar refractivity (Wildman–Crippen MR) is 83.1 cm³/mol. The summed E-state index contributed by atoms with van der Waals surface area (Å²) in [4.78, 5) is 11.9. The third-order valence-corrected chi connectivity index (χ3v) is 3.23. The Hall–Kier alpha value is -2.27. The topological polar surface area (TPSA) is 80.3 Å². The monoisotopic (exact) mass is 287 g/mol. The quantitative estimate of drug-likeness (QED) is 0.805. The molecular formula is C16H21N3O2. The fourth-order valence-electron chi connectivity index (χ4n) is 1.99. The van der Waals surface area contributed by atoms with Crippen molar-refractivity contribution >= 4 is 11.7 Å². The molecule has 112 valence electrons. The zero-order chi connectivity index (χ0) is 15.4. The molecule has 0 spiro atoms. The average molecular weight is 287 g/mol. The Kier molecular flexibility index (Phi) is 4.65. The van der Waals surface area contributed by atoms with Gasteiger partial charge in [-0.2, -0.15) is 0 Å². The number of hydrogen-bond donors (Lipinski definition) is 3. The summed E-state index contributed by atoms with van der Waals surface area (Å²) in [5.41, 5.74) is 7.54. The number of anilines is 1. The summed E-state index contributed by atoms with van der Waals surface area (Å²) in [5.74, 6) is 1.56. The molecule has 1 heterocycles. The molecule has 5 nitrogen and oxygen atoms in total. The van der Waals surface area contributed by atoms with Crippen molar-refractivity contribution < 1.29 is 9.21 Å². The summed E-state index contributed by atoms with van der Waals surface area (Å²) in [7, 11) is 0. The number of nitrogens with two attached hydrogens (primary N) is 1. The number of rotatable bonds is 4. The van der Waals surface area contributed by atoms with Gasteiger partial charge in [-0.05, 0) is 50.6 Å². The van der Waals surface area contributed by atoms with Gasteiger partial charge in [0.2, 0.25) is 0 Å². The molecule has 0 fully saturated rings. The Bertz CT molecular complexity index is 602. The molecule has 0 aliphatic rings. The van der Waals surface area contributed by atoms with E-state index in [1.165, 1.54) is 0 Å². The van der Waals surface area contributed by atoms with Crippen molar-refractivity contribution in [3.63, 3.8) is 0 Å². The number of amides is 2. The number of urea groups is 1. The van der Waals surface area contributed by atoms with E-state index in [0.29, 0.717) is 0 Å². The van der Waals surface area contributed by atoms with Gasteiger partial charge in [0, 0.05) is 11.7 Å². The van der Waals surface area contributed by atoms with Crippen LogP contribution in [0.5, 0.6) is 0 Å². The molecular weight excluding hydrogens is 266 g/mol. The normalized spacial score (nSPS) is 13.5. The highest BCUT2D eigenvalue weighted by molar-refractivity contribution is 5.89. The fourth-order valence-corrected chi connectivity index (χ4v) is 1.99. The van der Waals surface area contributed by atoms with E-state index in [1.807, 2.05) is 57.2 Å². The Morgan fingerprint density at radius 2 is 1.81 bits per heavy atom. The largest absolute Gasteiger partial charge is 0.464 e. The number of furan rings is 1.